The van der Waals surface area contributed by atoms with E-state index in [0.717, 1.165) is 25.1 Å². The highest BCUT2D eigenvalue weighted by molar-refractivity contribution is 5.67. The maximum atomic E-state index is 10.5. The zero-order chi connectivity index (χ0) is 13.4. The summed E-state index contributed by atoms with van der Waals surface area (Å²) in [4.78, 5) is 10.5. The predicted molar refractivity (Wildman–Crippen MR) is 73.6 cm³/mol. The number of carboxylic acid groups (broad SMARTS) is 1. The van der Waals surface area contributed by atoms with Crippen molar-refractivity contribution in [2.75, 3.05) is 11.9 Å². The molecule has 4 heteroatoms. The van der Waals surface area contributed by atoms with Gasteiger partial charge < -0.3 is 16.2 Å². The Balaban J connectivity index is 2.17. The van der Waals surface area contributed by atoms with Gasteiger partial charge in [0.15, 0.2) is 0 Å². The van der Waals surface area contributed by atoms with Gasteiger partial charge in [0.2, 0.25) is 0 Å². The third-order valence-corrected chi connectivity index (χ3v) is 2.88. The van der Waals surface area contributed by atoms with Crippen LogP contribution in [0.3, 0.4) is 0 Å². The maximum Gasteiger partial charge on any atom is 0.304 e. The molecule has 1 aromatic carbocycles. The van der Waals surface area contributed by atoms with Crippen LogP contribution in [-0.4, -0.2) is 23.7 Å². The second kappa shape index (κ2) is 7.71. The third-order valence-electron chi connectivity index (χ3n) is 2.88. The number of benzene rings is 1. The number of nitrogens with two attached hydrogens (primary N) is 1. The van der Waals surface area contributed by atoms with E-state index in [0.29, 0.717) is 5.92 Å². The summed E-state index contributed by atoms with van der Waals surface area (Å²) >= 11 is 0. The lowest BCUT2D eigenvalue weighted by Gasteiger charge is -2.16. The summed E-state index contributed by atoms with van der Waals surface area (Å²) in [6.45, 7) is 2.99. The first kappa shape index (κ1) is 14.5. The quantitative estimate of drug-likeness (QED) is 0.662. The van der Waals surface area contributed by atoms with Gasteiger partial charge in [-0.3, -0.25) is 4.79 Å². The van der Waals surface area contributed by atoms with Gasteiger partial charge in [0.25, 0.3) is 0 Å². The van der Waals surface area contributed by atoms with Gasteiger partial charge in [0.1, 0.15) is 0 Å². The van der Waals surface area contributed by atoms with Crippen LogP contribution >= 0.6 is 0 Å². The molecular formula is C14H22N2O2. The van der Waals surface area contributed by atoms with Crippen molar-refractivity contribution in [3.8, 4) is 0 Å². The van der Waals surface area contributed by atoms with Gasteiger partial charge in [-0.1, -0.05) is 25.1 Å². The zero-order valence-corrected chi connectivity index (χ0v) is 10.8. The summed E-state index contributed by atoms with van der Waals surface area (Å²) in [6, 6.07) is 9.79. The molecule has 4 N–H and O–H groups in total. The largest absolute Gasteiger partial charge is 0.481 e. The SMILES string of the molecule is C[C@@H](CCNc1ccccc1)C[C@H](N)CC(=O)O. The first-order valence-corrected chi connectivity index (χ1v) is 6.34. The molecule has 1 rings (SSSR count). The standard InChI is InChI=1S/C14H22N2O2/c1-11(9-12(15)10-14(17)18)7-8-16-13-5-3-2-4-6-13/h2-6,11-12,16H,7-10,15H2,1H3,(H,17,18)/t11-,12-/m0/s1. The summed E-state index contributed by atoms with van der Waals surface area (Å²) in [5.74, 6) is -0.396. The van der Waals surface area contributed by atoms with Gasteiger partial charge in [-0.2, -0.15) is 0 Å². The van der Waals surface area contributed by atoms with Gasteiger partial charge in [-0.25, -0.2) is 0 Å². The number of carboxylic acids is 1. The topological polar surface area (TPSA) is 75.3 Å². The molecule has 0 aliphatic carbocycles. The number of hydrogen-bond donors (Lipinski definition) is 3. The number of para-hydroxylation sites is 1. The number of aliphatic carboxylic acids is 1. The highest BCUT2D eigenvalue weighted by Gasteiger charge is 2.12. The van der Waals surface area contributed by atoms with Crippen molar-refractivity contribution in [1.29, 1.82) is 0 Å². The monoisotopic (exact) mass is 250 g/mol. The molecule has 100 valence electrons. The van der Waals surface area contributed by atoms with E-state index in [2.05, 4.69) is 12.2 Å². The van der Waals surface area contributed by atoms with E-state index in [1.54, 1.807) is 0 Å². The summed E-state index contributed by atoms with van der Waals surface area (Å²) in [7, 11) is 0. The third kappa shape index (κ3) is 6.25. The first-order chi connectivity index (χ1) is 8.58. The highest BCUT2D eigenvalue weighted by Crippen LogP contribution is 2.12. The Bertz CT molecular complexity index is 354. The van der Waals surface area contributed by atoms with Crippen LogP contribution < -0.4 is 11.1 Å². The lowest BCUT2D eigenvalue weighted by molar-refractivity contribution is -0.137. The van der Waals surface area contributed by atoms with E-state index in [-0.39, 0.29) is 12.5 Å². The fraction of sp³-hybridized carbons (Fsp3) is 0.500. The van der Waals surface area contributed by atoms with Crippen LogP contribution in [0.25, 0.3) is 0 Å². The number of carbonyl (C=O) groups is 1. The molecule has 0 aromatic heterocycles. The number of nitrogens with one attached hydrogen (secondary N) is 1. The first-order valence-electron chi connectivity index (χ1n) is 6.34. The summed E-state index contributed by atoms with van der Waals surface area (Å²) in [6.07, 6.45) is 1.79. The smallest absolute Gasteiger partial charge is 0.304 e. The fourth-order valence-electron chi connectivity index (χ4n) is 1.96. The van der Waals surface area contributed by atoms with Crippen molar-refractivity contribution in [2.45, 2.75) is 32.2 Å². The Morgan fingerprint density at radius 1 is 1.39 bits per heavy atom. The number of anilines is 1. The molecule has 0 spiro atoms. The van der Waals surface area contributed by atoms with Crippen LogP contribution in [0.1, 0.15) is 26.2 Å². The Labute approximate surface area is 108 Å². The van der Waals surface area contributed by atoms with Crippen molar-refractivity contribution < 1.29 is 9.90 Å². The van der Waals surface area contributed by atoms with Crippen molar-refractivity contribution in [3.63, 3.8) is 0 Å². The molecule has 0 unspecified atom stereocenters. The highest BCUT2D eigenvalue weighted by atomic mass is 16.4. The van der Waals surface area contributed by atoms with Gasteiger partial charge in [-0.05, 0) is 30.9 Å². The molecule has 0 amide bonds. The van der Waals surface area contributed by atoms with E-state index in [1.807, 2.05) is 30.3 Å². The number of hydrogen-bond acceptors (Lipinski definition) is 3. The van der Waals surface area contributed by atoms with E-state index >= 15 is 0 Å². The van der Waals surface area contributed by atoms with Crippen LogP contribution in [0.15, 0.2) is 30.3 Å². The van der Waals surface area contributed by atoms with Crippen molar-refractivity contribution in [3.05, 3.63) is 30.3 Å². The van der Waals surface area contributed by atoms with Gasteiger partial charge >= 0.3 is 5.97 Å². The predicted octanol–water partition coefficient (Wildman–Crippen LogP) is 2.32. The minimum Gasteiger partial charge on any atom is -0.481 e. The van der Waals surface area contributed by atoms with Crippen molar-refractivity contribution >= 4 is 11.7 Å². The van der Waals surface area contributed by atoms with Crippen LogP contribution in [0.5, 0.6) is 0 Å². The van der Waals surface area contributed by atoms with Crippen LogP contribution in [0, 0.1) is 5.92 Å². The van der Waals surface area contributed by atoms with Gasteiger partial charge in [-0.15, -0.1) is 0 Å². The molecule has 0 saturated heterocycles. The zero-order valence-electron chi connectivity index (χ0n) is 10.8. The minimum absolute atomic E-state index is 0.0520. The molecule has 2 atom stereocenters. The molecular weight excluding hydrogens is 228 g/mol. The van der Waals surface area contributed by atoms with Crippen LogP contribution in [0.4, 0.5) is 5.69 Å². The van der Waals surface area contributed by atoms with Crippen molar-refractivity contribution in [2.24, 2.45) is 11.7 Å². The molecule has 0 aliphatic heterocycles. The molecule has 18 heavy (non-hydrogen) atoms. The average Bonchev–Trinajstić information content (AvgIpc) is 2.29. The molecule has 4 nitrogen and oxygen atoms in total. The molecule has 0 saturated carbocycles. The molecule has 0 radical (unpaired) electrons. The average molecular weight is 250 g/mol. The lowest BCUT2D eigenvalue weighted by Crippen LogP contribution is -2.26. The summed E-state index contributed by atoms with van der Waals surface area (Å²) in [5.41, 5.74) is 6.87. The van der Waals surface area contributed by atoms with E-state index < -0.39 is 5.97 Å². The van der Waals surface area contributed by atoms with Crippen LogP contribution in [-0.2, 0) is 4.79 Å². The van der Waals surface area contributed by atoms with E-state index in [1.165, 1.54) is 0 Å². The lowest BCUT2D eigenvalue weighted by atomic mass is 9.97. The molecule has 0 aliphatic rings. The minimum atomic E-state index is -0.822. The molecule has 0 bridgehead atoms. The van der Waals surface area contributed by atoms with Gasteiger partial charge in [0.05, 0.1) is 6.42 Å². The molecule has 1 aromatic rings. The van der Waals surface area contributed by atoms with Crippen molar-refractivity contribution in [1.82, 2.24) is 0 Å². The second-order valence-electron chi connectivity index (χ2n) is 4.78. The van der Waals surface area contributed by atoms with E-state index in [9.17, 15) is 4.79 Å². The fourth-order valence-corrected chi connectivity index (χ4v) is 1.96. The Kier molecular flexibility index (Phi) is 6.22. The van der Waals surface area contributed by atoms with Crippen LogP contribution in [0.2, 0.25) is 0 Å². The summed E-state index contributed by atoms with van der Waals surface area (Å²) in [5, 5.41) is 12.0. The molecule has 0 heterocycles. The Morgan fingerprint density at radius 3 is 2.67 bits per heavy atom. The maximum absolute atomic E-state index is 10.5. The Morgan fingerprint density at radius 2 is 2.06 bits per heavy atom. The molecule has 0 fully saturated rings. The second-order valence-corrected chi connectivity index (χ2v) is 4.78. The van der Waals surface area contributed by atoms with E-state index in [4.69, 9.17) is 10.8 Å². The normalized spacial score (nSPS) is 13.9. The van der Waals surface area contributed by atoms with Gasteiger partial charge in [0, 0.05) is 18.3 Å². The Hall–Kier alpha value is -1.55. The number of rotatable bonds is 8. The summed E-state index contributed by atoms with van der Waals surface area (Å²) < 4.78 is 0.